The third-order valence-electron chi connectivity index (χ3n) is 3.57. The van der Waals surface area contributed by atoms with E-state index in [-0.39, 0.29) is 5.76 Å². The van der Waals surface area contributed by atoms with Crippen LogP contribution in [-0.4, -0.2) is 61.8 Å². The molecule has 1 rings (SSSR count). The molecule has 7 nitrogen and oxygen atoms in total. The summed E-state index contributed by atoms with van der Waals surface area (Å²) in [6, 6.07) is 0. The minimum atomic E-state index is -0.647. The summed E-state index contributed by atoms with van der Waals surface area (Å²) in [6.45, 7) is 9.71. The van der Waals surface area contributed by atoms with E-state index < -0.39 is 5.41 Å². The Morgan fingerprint density at radius 3 is 1.88 bits per heavy atom. The number of allylic oxidation sites excluding steroid dienone is 2. The molecule has 132 valence electrons. The maximum absolute atomic E-state index is 10.0. The summed E-state index contributed by atoms with van der Waals surface area (Å²) < 4.78 is 0. The fraction of sp³-hybridized carbons (Fsp3) is 0.471. The van der Waals surface area contributed by atoms with Gasteiger partial charge in [0.1, 0.15) is 0 Å². The van der Waals surface area contributed by atoms with Crippen LogP contribution in [0.5, 0.6) is 0 Å². The lowest BCUT2D eigenvalue weighted by Crippen LogP contribution is -2.35. The Kier molecular flexibility index (Phi) is 6.34. The lowest BCUT2D eigenvalue weighted by molar-refractivity contribution is 0.291. The normalized spacial score (nSPS) is 13.4. The van der Waals surface area contributed by atoms with Crippen molar-refractivity contribution in [3.63, 3.8) is 0 Å². The first-order valence-corrected chi connectivity index (χ1v) is 7.61. The van der Waals surface area contributed by atoms with Crippen LogP contribution in [0.25, 0.3) is 0 Å². The van der Waals surface area contributed by atoms with Crippen molar-refractivity contribution in [1.82, 2.24) is 15.0 Å². The summed E-state index contributed by atoms with van der Waals surface area (Å²) in [6.07, 6.45) is 5.32. The number of nitrogens with zero attached hydrogens (tertiary/aromatic N) is 6. The third kappa shape index (κ3) is 4.71. The molecule has 7 heteroatoms. The Bertz CT molecular complexity index is 599. The van der Waals surface area contributed by atoms with Gasteiger partial charge in [-0.25, -0.2) is 0 Å². The molecule has 0 aromatic carbocycles. The highest BCUT2D eigenvalue weighted by molar-refractivity contribution is 5.45. The van der Waals surface area contributed by atoms with Gasteiger partial charge < -0.3 is 19.8 Å². The van der Waals surface area contributed by atoms with Gasteiger partial charge in [0.25, 0.3) is 0 Å². The van der Waals surface area contributed by atoms with Gasteiger partial charge in [0.05, 0.1) is 11.2 Å². The Balaban J connectivity index is 3.21. The average Bonchev–Trinajstić information content (AvgIpc) is 2.52. The van der Waals surface area contributed by atoms with Gasteiger partial charge in [0, 0.05) is 41.8 Å². The molecule has 0 amide bonds. The summed E-state index contributed by atoms with van der Waals surface area (Å²) >= 11 is 0. The van der Waals surface area contributed by atoms with E-state index in [1.54, 1.807) is 12.2 Å². The van der Waals surface area contributed by atoms with Crippen molar-refractivity contribution in [3.05, 3.63) is 37.1 Å². The second-order valence-corrected chi connectivity index (χ2v) is 6.34. The molecule has 1 heterocycles. The molecule has 0 aliphatic carbocycles. The summed E-state index contributed by atoms with van der Waals surface area (Å²) in [7, 11) is 9.39. The molecule has 0 aliphatic heterocycles. The summed E-state index contributed by atoms with van der Waals surface area (Å²) in [4.78, 5) is 18.9. The van der Waals surface area contributed by atoms with Gasteiger partial charge in [-0.15, -0.1) is 0 Å². The zero-order valence-electron chi connectivity index (χ0n) is 15.5. The second-order valence-electron chi connectivity index (χ2n) is 6.34. The predicted octanol–water partition coefficient (Wildman–Crippen LogP) is 2.26. The molecule has 0 radical (unpaired) electrons. The van der Waals surface area contributed by atoms with E-state index in [1.807, 2.05) is 62.9 Å². The molecule has 0 saturated carbocycles. The predicted molar refractivity (Wildman–Crippen MR) is 101 cm³/mol. The van der Waals surface area contributed by atoms with E-state index in [4.69, 9.17) is 0 Å². The van der Waals surface area contributed by atoms with Crippen molar-refractivity contribution in [3.8, 4) is 0 Å². The number of rotatable bonds is 8. The van der Waals surface area contributed by atoms with Crippen LogP contribution in [0.3, 0.4) is 0 Å². The monoisotopic (exact) mass is 332 g/mol. The lowest BCUT2D eigenvalue weighted by atomic mass is 9.87. The van der Waals surface area contributed by atoms with Gasteiger partial charge in [-0.05, 0) is 6.92 Å². The maximum Gasteiger partial charge on any atom is 0.231 e. The Morgan fingerprint density at radius 2 is 1.50 bits per heavy atom. The topological polar surface area (TPSA) is 68.6 Å². The highest BCUT2D eigenvalue weighted by Gasteiger charge is 2.28. The van der Waals surface area contributed by atoms with Gasteiger partial charge in [-0.2, -0.15) is 15.0 Å². The van der Waals surface area contributed by atoms with Crippen molar-refractivity contribution in [1.29, 1.82) is 0 Å². The summed E-state index contributed by atoms with van der Waals surface area (Å²) in [5.74, 6) is 1.74. The van der Waals surface area contributed by atoms with Crippen molar-refractivity contribution in [2.24, 2.45) is 5.41 Å². The van der Waals surface area contributed by atoms with Crippen molar-refractivity contribution >= 4 is 17.8 Å². The van der Waals surface area contributed by atoms with E-state index in [0.717, 1.165) is 0 Å². The second kappa shape index (κ2) is 7.81. The molecule has 1 unspecified atom stereocenters. The molecule has 1 N–H and O–H groups in total. The highest BCUT2D eigenvalue weighted by atomic mass is 16.3. The minimum absolute atomic E-state index is 0.0715. The molecule has 0 saturated heterocycles. The van der Waals surface area contributed by atoms with Crippen LogP contribution < -0.4 is 14.7 Å². The number of aliphatic hydroxyl groups is 1. The molecule has 0 spiro atoms. The zero-order chi connectivity index (χ0) is 18.5. The fourth-order valence-electron chi connectivity index (χ4n) is 2.00. The fourth-order valence-corrected chi connectivity index (χ4v) is 2.00. The number of hydrogen-bond donors (Lipinski definition) is 1. The van der Waals surface area contributed by atoms with Crippen LogP contribution in [0, 0.1) is 5.41 Å². The highest BCUT2D eigenvalue weighted by Crippen LogP contribution is 2.28. The largest absolute Gasteiger partial charge is 0.512 e. The third-order valence-corrected chi connectivity index (χ3v) is 3.57. The SMILES string of the molecule is C=C/C=C\C(C)(CN(C)c1nc(N(C)C)nc(N(C)C)n1)C(=C)O. The number of anilines is 3. The number of hydrogen-bond acceptors (Lipinski definition) is 7. The molecule has 24 heavy (non-hydrogen) atoms. The van der Waals surface area contributed by atoms with Crippen LogP contribution in [-0.2, 0) is 0 Å². The summed E-state index contributed by atoms with van der Waals surface area (Å²) in [5, 5.41) is 10.0. The van der Waals surface area contributed by atoms with Gasteiger partial charge >= 0.3 is 0 Å². The van der Waals surface area contributed by atoms with E-state index in [9.17, 15) is 5.11 Å². The van der Waals surface area contributed by atoms with Gasteiger partial charge in [-0.1, -0.05) is 31.4 Å². The molecule has 1 aromatic heterocycles. The Labute approximate surface area is 144 Å². The van der Waals surface area contributed by atoms with Crippen LogP contribution in [0.2, 0.25) is 0 Å². The molecule has 0 fully saturated rings. The standard InChI is InChI=1S/C17H28N6O/c1-9-10-11-17(3,13(2)24)12-23(8)16-19-14(21(4)5)18-15(20-16)22(6)7/h9-11,24H,1-2,12H2,3-8H3/b11-10-. The quantitative estimate of drug-likeness (QED) is 0.578. The van der Waals surface area contributed by atoms with Gasteiger partial charge in [0.15, 0.2) is 0 Å². The van der Waals surface area contributed by atoms with Crippen molar-refractivity contribution in [2.45, 2.75) is 6.92 Å². The van der Waals surface area contributed by atoms with Crippen LogP contribution in [0.1, 0.15) is 6.92 Å². The minimum Gasteiger partial charge on any atom is -0.512 e. The van der Waals surface area contributed by atoms with Gasteiger partial charge in [0.2, 0.25) is 17.8 Å². The molecule has 1 atom stereocenters. The van der Waals surface area contributed by atoms with Gasteiger partial charge in [-0.3, -0.25) is 0 Å². The molecule has 0 bridgehead atoms. The smallest absolute Gasteiger partial charge is 0.231 e. The first-order chi connectivity index (χ1) is 11.1. The Morgan fingerprint density at radius 1 is 1.04 bits per heavy atom. The molecule has 0 aliphatic rings. The first kappa shape index (κ1) is 19.5. The first-order valence-electron chi connectivity index (χ1n) is 7.61. The van der Waals surface area contributed by atoms with Crippen LogP contribution >= 0.6 is 0 Å². The Hall–Kier alpha value is -2.57. The van der Waals surface area contributed by atoms with E-state index in [0.29, 0.717) is 24.4 Å². The average molecular weight is 332 g/mol. The lowest BCUT2D eigenvalue weighted by Gasteiger charge is -2.31. The number of aliphatic hydroxyl groups excluding tert-OH is 1. The van der Waals surface area contributed by atoms with E-state index >= 15 is 0 Å². The molecular formula is C17H28N6O. The van der Waals surface area contributed by atoms with E-state index in [2.05, 4.69) is 28.1 Å². The number of aromatic nitrogens is 3. The van der Waals surface area contributed by atoms with Crippen molar-refractivity contribution in [2.75, 3.05) is 56.5 Å². The van der Waals surface area contributed by atoms with E-state index in [1.165, 1.54) is 0 Å². The molecular weight excluding hydrogens is 304 g/mol. The van der Waals surface area contributed by atoms with Crippen molar-refractivity contribution < 1.29 is 5.11 Å². The maximum atomic E-state index is 10.0. The molecule has 1 aromatic rings. The zero-order valence-corrected chi connectivity index (χ0v) is 15.5. The summed E-state index contributed by atoms with van der Waals surface area (Å²) in [5.41, 5.74) is -0.647. The van der Waals surface area contributed by atoms with Crippen LogP contribution in [0.15, 0.2) is 37.1 Å². The van der Waals surface area contributed by atoms with Crippen LogP contribution in [0.4, 0.5) is 17.8 Å².